The molecule has 7 nitrogen and oxygen atoms in total. The maximum absolute atomic E-state index is 13.0. The van der Waals surface area contributed by atoms with Crippen molar-refractivity contribution in [1.82, 2.24) is 4.90 Å². The van der Waals surface area contributed by atoms with Gasteiger partial charge in [-0.2, -0.15) is 0 Å². The molecule has 2 aliphatic rings. The standard InChI is InChI=1S/C20H21NO6/c1-11-7-14(12(2)27-11)18(22)21-8-15-13-5-4-6-16(25-3)17(13)26-10-20(15,9-21)19(23)24/h4-7,15H,8-10H2,1-3H3,(H,23,24)/t15-,20-/m1/s1. The van der Waals surface area contributed by atoms with Crippen molar-refractivity contribution < 1.29 is 28.6 Å². The Morgan fingerprint density at radius 1 is 1.33 bits per heavy atom. The summed E-state index contributed by atoms with van der Waals surface area (Å²) >= 11 is 0. The molecule has 3 heterocycles. The third-order valence-electron chi connectivity index (χ3n) is 5.61. The minimum absolute atomic E-state index is 0.00640. The summed E-state index contributed by atoms with van der Waals surface area (Å²) in [6.45, 7) is 3.90. The van der Waals surface area contributed by atoms with Crippen LogP contribution in [0.25, 0.3) is 0 Å². The van der Waals surface area contributed by atoms with Crippen LogP contribution in [0.3, 0.4) is 0 Å². The van der Waals surface area contributed by atoms with Gasteiger partial charge in [0.1, 0.15) is 23.5 Å². The molecule has 1 N–H and O–H groups in total. The van der Waals surface area contributed by atoms with Crippen LogP contribution in [-0.2, 0) is 4.79 Å². The number of carboxylic acids is 1. The number of nitrogens with zero attached hydrogens (tertiary/aromatic N) is 1. The van der Waals surface area contributed by atoms with Gasteiger partial charge >= 0.3 is 5.97 Å². The fourth-order valence-corrected chi connectivity index (χ4v) is 4.22. The second kappa shape index (κ2) is 6.04. The summed E-state index contributed by atoms with van der Waals surface area (Å²) in [4.78, 5) is 26.9. The zero-order valence-corrected chi connectivity index (χ0v) is 15.4. The average Bonchev–Trinajstić information content (AvgIpc) is 3.21. The Morgan fingerprint density at radius 2 is 2.11 bits per heavy atom. The van der Waals surface area contributed by atoms with E-state index in [1.54, 1.807) is 38.0 Å². The number of ether oxygens (including phenoxy) is 2. The predicted molar refractivity (Wildman–Crippen MR) is 95.4 cm³/mol. The molecule has 27 heavy (non-hydrogen) atoms. The highest BCUT2D eigenvalue weighted by Gasteiger charge is 2.58. The average molecular weight is 371 g/mol. The molecule has 1 aromatic heterocycles. The first-order chi connectivity index (χ1) is 12.9. The maximum atomic E-state index is 13.0. The number of likely N-dealkylation sites (tertiary alicyclic amines) is 1. The molecule has 142 valence electrons. The van der Waals surface area contributed by atoms with Gasteiger partial charge in [0.2, 0.25) is 0 Å². The number of carbonyl (C=O) groups is 2. The van der Waals surface area contributed by atoms with Crippen LogP contribution in [-0.4, -0.2) is 48.7 Å². The van der Waals surface area contributed by atoms with Gasteiger partial charge in [-0.15, -0.1) is 0 Å². The second-order valence-electron chi connectivity index (χ2n) is 7.19. The summed E-state index contributed by atoms with van der Waals surface area (Å²) in [5.41, 5.74) is 0.0543. The summed E-state index contributed by atoms with van der Waals surface area (Å²) in [6.07, 6.45) is 0. The van der Waals surface area contributed by atoms with Crippen molar-refractivity contribution >= 4 is 11.9 Å². The number of benzene rings is 1. The van der Waals surface area contributed by atoms with Crippen LogP contribution >= 0.6 is 0 Å². The number of para-hydroxylation sites is 1. The largest absolute Gasteiger partial charge is 0.493 e. The van der Waals surface area contributed by atoms with Crippen molar-refractivity contribution in [3.8, 4) is 11.5 Å². The number of aliphatic carboxylic acids is 1. The van der Waals surface area contributed by atoms with E-state index in [1.807, 2.05) is 12.1 Å². The third kappa shape index (κ3) is 2.49. The van der Waals surface area contributed by atoms with Gasteiger partial charge in [0.15, 0.2) is 11.5 Å². The monoisotopic (exact) mass is 371 g/mol. The predicted octanol–water partition coefficient (Wildman–Crippen LogP) is 2.61. The zero-order chi connectivity index (χ0) is 19.3. The van der Waals surface area contributed by atoms with Crippen LogP contribution in [0, 0.1) is 19.3 Å². The quantitative estimate of drug-likeness (QED) is 0.892. The Labute approximate surface area is 156 Å². The minimum Gasteiger partial charge on any atom is -0.493 e. The van der Waals surface area contributed by atoms with Crippen LogP contribution in [0.15, 0.2) is 28.7 Å². The lowest BCUT2D eigenvalue weighted by molar-refractivity contribution is -0.151. The van der Waals surface area contributed by atoms with Crippen LogP contribution in [0.2, 0.25) is 0 Å². The first kappa shape index (κ1) is 17.5. The Morgan fingerprint density at radius 3 is 2.74 bits per heavy atom. The lowest BCUT2D eigenvalue weighted by Gasteiger charge is -2.36. The molecule has 0 radical (unpaired) electrons. The highest BCUT2D eigenvalue weighted by Crippen LogP contribution is 2.52. The van der Waals surface area contributed by atoms with Gasteiger partial charge in [0, 0.05) is 24.6 Å². The number of carbonyl (C=O) groups excluding carboxylic acids is 1. The van der Waals surface area contributed by atoms with Gasteiger partial charge < -0.3 is 23.9 Å². The SMILES string of the molecule is COc1cccc2c1OC[C@]1(C(=O)O)CN(C(=O)c3cc(C)oc3C)C[C@H]21. The molecule has 2 aliphatic heterocycles. The van der Waals surface area contributed by atoms with Gasteiger partial charge in [-0.1, -0.05) is 12.1 Å². The molecule has 4 rings (SSSR count). The second-order valence-corrected chi connectivity index (χ2v) is 7.19. The van der Waals surface area contributed by atoms with E-state index < -0.39 is 11.4 Å². The van der Waals surface area contributed by atoms with Gasteiger partial charge in [-0.05, 0) is 26.0 Å². The maximum Gasteiger partial charge on any atom is 0.315 e. The van der Waals surface area contributed by atoms with E-state index >= 15 is 0 Å². The van der Waals surface area contributed by atoms with E-state index in [0.717, 1.165) is 5.56 Å². The lowest BCUT2D eigenvalue weighted by Crippen LogP contribution is -2.46. The van der Waals surface area contributed by atoms with E-state index in [0.29, 0.717) is 35.1 Å². The van der Waals surface area contributed by atoms with Gasteiger partial charge in [0.25, 0.3) is 5.91 Å². The van der Waals surface area contributed by atoms with E-state index in [2.05, 4.69) is 0 Å². The van der Waals surface area contributed by atoms with Crippen molar-refractivity contribution in [3.05, 3.63) is 46.9 Å². The Kier molecular flexibility index (Phi) is 3.91. The molecule has 0 saturated carbocycles. The molecular formula is C20H21NO6. The van der Waals surface area contributed by atoms with Crippen molar-refractivity contribution in [3.63, 3.8) is 0 Å². The number of rotatable bonds is 3. The number of methoxy groups -OCH3 is 1. The van der Waals surface area contributed by atoms with Crippen molar-refractivity contribution in [2.24, 2.45) is 5.41 Å². The molecule has 0 unspecified atom stereocenters. The number of hydrogen-bond donors (Lipinski definition) is 1. The smallest absolute Gasteiger partial charge is 0.315 e. The topological polar surface area (TPSA) is 89.2 Å². The Bertz CT molecular complexity index is 933. The molecule has 2 atom stereocenters. The van der Waals surface area contributed by atoms with Gasteiger partial charge in [-0.25, -0.2) is 0 Å². The zero-order valence-electron chi connectivity index (χ0n) is 15.4. The van der Waals surface area contributed by atoms with E-state index in [4.69, 9.17) is 13.9 Å². The van der Waals surface area contributed by atoms with E-state index in [9.17, 15) is 14.7 Å². The number of hydrogen-bond acceptors (Lipinski definition) is 5. The fraction of sp³-hybridized carbons (Fsp3) is 0.400. The lowest BCUT2D eigenvalue weighted by atomic mass is 9.73. The van der Waals surface area contributed by atoms with E-state index in [1.165, 1.54) is 0 Å². The Balaban J connectivity index is 1.74. The van der Waals surface area contributed by atoms with Gasteiger partial charge in [0.05, 0.1) is 12.7 Å². The first-order valence-electron chi connectivity index (χ1n) is 8.77. The molecule has 1 amide bonds. The third-order valence-corrected chi connectivity index (χ3v) is 5.61. The highest BCUT2D eigenvalue weighted by atomic mass is 16.5. The van der Waals surface area contributed by atoms with Crippen LogP contribution < -0.4 is 9.47 Å². The molecule has 7 heteroatoms. The fourth-order valence-electron chi connectivity index (χ4n) is 4.22. The molecule has 1 saturated heterocycles. The van der Waals surface area contributed by atoms with Crippen LogP contribution in [0.5, 0.6) is 11.5 Å². The number of amides is 1. The molecule has 2 aromatic rings. The molecule has 0 spiro atoms. The van der Waals surface area contributed by atoms with Crippen molar-refractivity contribution in [2.45, 2.75) is 19.8 Å². The number of aryl methyl sites for hydroxylation is 2. The summed E-state index contributed by atoms with van der Waals surface area (Å²) < 4.78 is 16.6. The van der Waals surface area contributed by atoms with Crippen molar-refractivity contribution in [1.29, 1.82) is 0 Å². The number of fused-ring (bicyclic) bond motifs is 3. The summed E-state index contributed by atoms with van der Waals surface area (Å²) in [5.74, 6) is 0.768. The molecule has 1 fully saturated rings. The number of furan rings is 1. The van der Waals surface area contributed by atoms with E-state index in [-0.39, 0.29) is 25.0 Å². The highest BCUT2D eigenvalue weighted by molar-refractivity contribution is 5.96. The summed E-state index contributed by atoms with van der Waals surface area (Å²) in [5, 5.41) is 10.0. The summed E-state index contributed by atoms with van der Waals surface area (Å²) in [7, 11) is 1.55. The summed E-state index contributed by atoms with van der Waals surface area (Å²) in [6, 6.07) is 7.14. The number of carboxylic acid groups (broad SMARTS) is 1. The van der Waals surface area contributed by atoms with Crippen LogP contribution in [0.4, 0.5) is 0 Å². The Hall–Kier alpha value is -2.96. The minimum atomic E-state index is -1.18. The molecule has 0 bridgehead atoms. The first-order valence-corrected chi connectivity index (χ1v) is 8.77. The molecular weight excluding hydrogens is 350 g/mol. The molecule has 1 aromatic carbocycles. The molecule has 0 aliphatic carbocycles. The van der Waals surface area contributed by atoms with Crippen molar-refractivity contribution in [2.75, 3.05) is 26.8 Å². The van der Waals surface area contributed by atoms with Gasteiger partial charge in [-0.3, -0.25) is 9.59 Å². The normalized spacial score (nSPS) is 23.4. The van der Waals surface area contributed by atoms with Crippen LogP contribution in [0.1, 0.15) is 33.4 Å².